The van der Waals surface area contributed by atoms with E-state index in [1.54, 1.807) is 0 Å². The number of nitrogens with one attached hydrogen (secondary N) is 1. The molecule has 0 amide bonds. The molecular formula is C14H27ClN4O. The lowest BCUT2D eigenvalue weighted by Gasteiger charge is -2.35. The molecule has 1 aliphatic heterocycles. The van der Waals surface area contributed by atoms with Gasteiger partial charge in [-0.3, -0.25) is 4.90 Å². The van der Waals surface area contributed by atoms with Crippen LogP contribution in [0, 0.1) is 0 Å². The van der Waals surface area contributed by atoms with Crippen molar-refractivity contribution >= 4 is 12.4 Å². The van der Waals surface area contributed by atoms with E-state index in [-0.39, 0.29) is 23.9 Å². The third-order valence-corrected chi connectivity index (χ3v) is 3.88. The second kappa shape index (κ2) is 6.87. The van der Waals surface area contributed by atoms with Gasteiger partial charge in [-0.15, -0.1) is 12.4 Å². The number of hydrogen-bond donors (Lipinski definition) is 1. The first-order valence-corrected chi connectivity index (χ1v) is 7.17. The SMILES string of the molecule is CNC1CCCN(C(C)c2nc(C(C)(C)C)no2)C1.Cl. The van der Waals surface area contributed by atoms with Crippen LogP contribution in [0.5, 0.6) is 0 Å². The molecule has 1 fully saturated rings. The van der Waals surface area contributed by atoms with Crippen LogP contribution >= 0.6 is 12.4 Å². The van der Waals surface area contributed by atoms with Crippen LogP contribution in [0.1, 0.15) is 58.3 Å². The molecule has 0 bridgehead atoms. The third kappa shape index (κ3) is 3.93. The minimum Gasteiger partial charge on any atom is -0.338 e. The van der Waals surface area contributed by atoms with E-state index in [9.17, 15) is 0 Å². The lowest BCUT2D eigenvalue weighted by Crippen LogP contribution is -2.45. The van der Waals surface area contributed by atoms with Crippen LogP contribution in [0.3, 0.4) is 0 Å². The van der Waals surface area contributed by atoms with E-state index in [1.807, 2.05) is 7.05 Å². The normalized spacial score (nSPS) is 22.4. The second-order valence-electron chi connectivity index (χ2n) is 6.50. The van der Waals surface area contributed by atoms with E-state index in [2.05, 4.69) is 48.1 Å². The van der Waals surface area contributed by atoms with E-state index in [4.69, 9.17) is 4.52 Å². The first-order valence-electron chi connectivity index (χ1n) is 7.17. The molecule has 1 aliphatic rings. The van der Waals surface area contributed by atoms with Crippen molar-refractivity contribution in [3.05, 3.63) is 11.7 Å². The number of piperidine rings is 1. The van der Waals surface area contributed by atoms with E-state index >= 15 is 0 Å². The monoisotopic (exact) mass is 302 g/mol. The molecule has 0 saturated carbocycles. The van der Waals surface area contributed by atoms with E-state index in [1.165, 1.54) is 12.8 Å². The molecule has 1 saturated heterocycles. The smallest absolute Gasteiger partial charge is 0.243 e. The van der Waals surface area contributed by atoms with Gasteiger partial charge in [-0.05, 0) is 33.4 Å². The summed E-state index contributed by atoms with van der Waals surface area (Å²) in [6, 6.07) is 0.765. The predicted molar refractivity (Wildman–Crippen MR) is 82.3 cm³/mol. The number of halogens is 1. The van der Waals surface area contributed by atoms with Crippen LogP contribution in [0.2, 0.25) is 0 Å². The van der Waals surface area contributed by atoms with Crippen molar-refractivity contribution in [3.8, 4) is 0 Å². The van der Waals surface area contributed by atoms with Crippen LogP contribution in [-0.2, 0) is 5.41 Å². The summed E-state index contributed by atoms with van der Waals surface area (Å²) in [5, 5.41) is 7.48. The zero-order valence-electron chi connectivity index (χ0n) is 13.1. The van der Waals surface area contributed by atoms with Crippen molar-refractivity contribution in [2.24, 2.45) is 0 Å². The first-order chi connectivity index (χ1) is 8.91. The lowest BCUT2D eigenvalue weighted by molar-refractivity contribution is 0.126. The Hall–Kier alpha value is -0.650. The molecular weight excluding hydrogens is 276 g/mol. The standard InChI is InChI=1S/C14H26N4O.ClH/c1-10(18-8-6-7-11(9-18)15-5)12-16-13(17-19-12)14(2,3)4;/h10-11,15H,6-9H2,1-5H3;1H. The minimum absolute atomic E-state index is 0. The Balaban J connectivity index is 0.00000200. The molecule has 0 spiro atoms. The van der Waals surface area contributed by atoms with Gasteiger partial charge in [0.1, 0.15) is 0 Å². The fourth-order valence-corrected chi connectivity index (χ4v) is 2.46. The Kier molecular flexibility index (Phi) is 5.98. The molecule has 0 aliphatic carbocycles. The fourth-order valence-electron chi connectivity index (χ4n) is 2.46. The molecule has 1 N–H and O–H groups in total. The van der Waals surface area contributed by atoms with Gasteiger partial charge in [0.15, 0.2) is 5.82 Å². The number of hydrogen-bond acceptors (Lipinski definition) is 5. The van der Waals surface area contributed by atoms with Gasteiger partial charge < -0.3 is 9.84 Å². The summed E-state index contributed by atoms with van der Waals surface area (Å²) in [5.41, 5.74) is -0.0587. The number of likely N-dealkylation sites (tertiary alicyclic amines) is 1. The fraction of sp³-hybridized carbons (Fsp3) is 0.857. The Morgan fingerprint density at radius 3 is 2.65 bits per heavy atom. The lowest BCUT2D eigenvalue weighted by atomic mass is 9.96. The van der Waals surface area contributed by atoms with Crippen molar-refractivity contribution in [1.82, 2.24) is 20.4 Å². The largest absolute Gasteiger partial charge is 0.338 e. The maximum Gasteiger partial charge on any atom is 0.243 e. The van der Waals surface area contributed by atoms with Crippen LogP contribution in [0.25, 0.3) is 0 Å². The zero-order valence-corrected chi connectivity index (χ0v) is 14.0. The Morgan fingerprint density at radius 2 is 2.10 bits per heavy atom. The molecule has 6 heteroatoms. The van der Waals surface area contributed by atoms with Gasteiger partial charge in [-0.25, -0.2) is 0 Å². The third-order valence-electron chi connectivity index (χ3n) is 3.88. The van der Waals surface area contributed by atoms with Gasteiger partial charge in [0.2, 0.25) is 5.89 Å². The highest BCUT2D eigenvalue weighted by molar-refractivity contribution is 5.85. The highest BCUT2D eigenvalue weighted by Crippen LogP contribution is 2.25. The van der Waals surface area contributed by atoms with Gasteiger partial charge >= 0.3 is 0 Å². The molecule has 2 unspecified atom stereocenters. The summed E-state index contributed by atoms with van der Waals surface area (Å²) in [7, 11) is 2.03. The summed E-state index contributed by atoms with van der Waals surface area (Å²) >= 11 is 0. The Labute approximate surface area is 127 Å². The molecule has 0 radical (unpaired) electrons. The summed E-state index contributed by atoms with van der Waals surface area (Å²) in [5.74, 6) is 1.53. The first kappa shape index (κ1) is 17.4. The van der Waals surface area contributed by atoms with Crippen molar-refractivity contribution in [3.63, 3.8) is 0 Å². The van der Waals surface area contributed by atoms with E-state index in [0.29, 0.717) is 6.04 Å². The van der Waals surface area contributed by atoms with Gasteiger partial charge in [-0.2, -0.15) is 4.98 Å². The number of rotatable bonds is 3. The van der Waals surface area contributed by atoms with Crippen molar-refractivity contribution in [2.75, 3.05) is 20.1 Å². The van der Waals surface area contributed by atoms with Crippen molar-refractivity contribution in [1.29, 1.82) is 0 Å². The molecule has 0 aromatic carbocycles. The maximum atomic E-state index is 5.45. The number of nitrogens with zero attached hydrogens (tertiary/aromatic N) is 3. The number of aromatic nitrogens is 2. The molecule has 2 atom stereocenters. The Bertz CT molecular complexity index is 416. The average Bonchev–Trinajstić information content (AvgIpc) is 2.87. The highest BCUT2D eigenvalue weighted by atomic mass is 35.5. The molecule has 116 valence electrons. The van der Waals surface area contributed by atoms with Crippen LogP contribution < -0.4 is 5.32 Å². The average molecular weight is 303 g/mol. The summed E-state index contributed by atoms with van der Waals surface area (Å²) < 4.78 is 5.45. The zero-order chi connectivity index (χ0) is 14.0. The molecule has 5 nitrogen and oxygen atoms in total. The summed E-state index contributed by atoms with van der Waals surface area (Å²) in [6.07, 6.45) is 2.47. The maximum absolute atomic E-state index is 5.45. The minimum atomic E-state index is -0.0587. The molecule has 1 aromatic rings. The second-order valence-corrected chi connectivity index (χ2v) is 6.50. The van der Waals surface area contributed by atoms with Crippen LogP contribution in [0.15, 0.2) is 4.52 Å². The molecule has 1 aromatic heterocycles. The molecule has 2 rings (SSSR count). The highest BCUT2D eigenvalue weighted by Gasteiger charge is 2.28. The van der Waals surface area contributed by atoms with E-state index in [0.717, 1.165) is 24.8 Å². The van der Waals surface area contributed by atoms with Gasteiger partial charge in [0, 0.05) is 18.0 Å². The number of likely N-dealkylation sites (N-methyl/N-ethyl adjacent to an activating group) is 1. The quantitative estimate of drug-likeness (QED) is 0.930. The molecule has 20 heavy (non-hydrogen) atoms. The van der Waals surface area contributed by atoms with Crippen molar-refractivity contribution < 1.29 is 4.52 Å². The molecule has 2 heterocycles. The van der Waals surface area contributed by atoms with Gasteiger partial charge in [0.05, 0.1) is 6.04 Å². The van der Waals surface area contributed by atoms with Gasteiger partial charge in [0.25, 0.3) is 0 Å². The van der Waals surface area contributed by atoms with E-state index < -0.39 is 0 Å². The summed E-state index contributed by atoms with van der Waals surface area (Å²) in [6.45, 7) is 10.6. The van der Waals surface area contributed by atoms with Crippen LogP contribution in [-0.4, -0.2) is 41.2 Å². The Morgan fingerprint density at radius 1 is 1.40 bits per heavy atom. The van der Waals surface area contributed by atoms with Crippen molar-refractivity contribution in [2.45, 2.75) is 58.0 Å². The van der Waals surface area contributed by atoms with Gasteiger partial charge in [-0.1, -0.05) is 25.9 Å². The summed E-state index contributed by atoms with van der Waals surface area (Å²) in [4.78, 5) is 6.99. The predicted octanol–water partition coefficient (Wildman–Crippen LogP) is 2.53. The topological polar surface area (TPSA) is 54.2 Å². The van der Waals surface area contributed by atoms with Crippen LogP contribution in [0.4, 0.5) is 0 Å².